The van der Waals surface area contributed by atoms with Crippen molar-refractivity contribution in [2.24, 2.45) is 5.92 Å². The van der Waals surface area contributed by atoms with Crippen LogP contribution in [0.2, 0.25) is 5.02 Å². The molecule has 0 radical (unpaired) electrons. The SMILES string of the molecule is Cc1cc(C(=O)O)cc2c1Oc1c(Cl)cc(N3CCN(C(=O)C4CC4)CC3)cc1CS2(=O)=O. The van der Waals surface area contributed by atoms with Crippen molar-refractivity contribution in [1.82, 2.24) is 4.90 Å². The lowest BCUT2D eigenvalue weighted by atomic mass is 10.1. The van der Waals surface area contributed by atoms with Crippen molar-refractivity contribution in [2.75, 3.05) is 31.1 Å². The van der Waals surface area contributed by atoms with Gasteiger partial charge in [0.05, 0.1) is 16.3 Å². The number of benzene rings is 2. The van der Waals surface area contributed by atoms with E-state index in [2.05, 4.69) is 4.90 Å². The van der Waals surface area contributed by atoms with Gasteiger partial charge in [-0.05, 0) is 49.6 Å². The number of aryl methyl sites for hydroxylation is 1. The van der Waals surface area contributed by atoms with Crippen LogP contribution in [0.1, 0.15) is 34.3 Å². The van der Waals surface area contributed by atoms with Gasteiger partial charge in [-0.1, -0.05) is 11.6 Å². The fourth-order valence-electron chi connectivity index (χ4n) is 4.42. The van der Waals surface area contributed by atoms with Gasteiger partial charge in [-0.3, -0.25) is 4.79 Å². The highest BCUT2D eigenvalue weighted by Crippen LogP contribution is 2.45. The minimum Gasteiger partial charge on any atom is -0.478 e. The van der Waals surface area contributed by atoms with Crippen LogP contribution in [-0.4, -0.2) is 56.5 Å². The average molecular weight is 491 g/mol. The highest BCUT2D eigenvalue weighted by molar-refractivity contribution is 7.90. The average Bonchev–Trinajstić information content (AvgIpc) is 3.61. The third kappa shape index (κ3) is 4.04. The summed E-state index contributed by atoms with van der Waals surface area (Å²) in [4.78, 5) is 27.6. The number of hydrogen-bond donors (Lipinski definition) is 1. The smallest absolute Gasteiger partial charge is 0.335 e. The first kappa shape index (κ1) is 22.0. The Kier molecular flexibility index (Phi) is 5.29. The number of sulfone groups is 1. The molecule has 10 heteroatoms. The number of ether oxygens (including phenoxy) is 1. The highest BCUT2D eigenvalue weighted by atomic mass is 35.5. The van der Waals surface area contributed by atoms with Crippen LogP contribution >= 0.6 is 11.6 Å². The molecule has 1 amide bonds. The molecule has 3 aliphatic rings. The molecule has 2 aromatic carbocycles. The van der Waals surface area contributed by atoms with E-state index in [1.807, 2.05) is 4.90 Å². The molecule has 2 aliphatic heterocycles. The number of rotatable bonds is 3. The quantitative estimate of drug-likeness (QED) is 0.702. The number of halogens is 1. The first-order chi connectivity index (χ1) is 15.6. The Morgan fingerprint density at radius 2 is 1.76 bits per heavy atom. The molecular formula is C23H23ClN2O6S. The fourth-order valence-corrected chi connectivity index (χ4v) is 6.27. The zero-order chi connectivity index (χ0) is 23.5. The molecule has 0 bridgehead atoms. The molecule has 0 aromatic heterocycles. The molecule has 0 atom stereocenters. The van der Waals surface area contributed by atoms with Crippen molar-refractivity contribution >= 4 is 39.0 Å². The molecular weight excluding hydrogens is 468 g/mol. The van der Waals surface area contributed by atoms with Crippen LogP contribution < -0.4 is 9.64 Å². The highest BCUT2D eigenvalue weighted by Gasteiger charge is 2.35. The molecule has 1 saturated heterocycles. The Labute approximate surface area is 196 Å². The van der Waals surface area contributed by atoms with Crippen LogP contribution in [0, 0.1) is 12.8 Å². The number of carboxylic acid groups (broad SMARTS) is 1. The number of carbonyl (C=O) groups excluding carboxylic acids is 1. The number of hydrogen-bond acceptors (Lipinski definition) is 6. The van der Waals surface area contributed by atoms with Gasteiger partial charge in [-0.2, -0.15) is 0 Å². The predicted octanol–water partition coefficient (Wildman–Crippen LogP) is 3.48. The van der Waals surface area contributed by atoms with Crippen molar-refractivity contribution in [3.8, 4) is 11.5 Å². The summed E-state index contributed by atoms with van der Waals surface area (Å²) in [5.41, 5.74) is 1.47. The summed E-state index contributed by atoms with van der Waals surface area (Å²) < 4.78 is 32.4. The summed E-state index contributed by atoms with van der Waals surface area (Å²) in [5, 5.41) is 9.63. The maximum absolute atomic E-state index is 13.2. The number of carboxylic acids is 1. The van der Waals surface area contributed by atoms with E-state index < -0.39 is 15.8 Å². The third-order valence-electron chi connectivity index (χ3n) is 6.36. The van der Waals surface area contributed by atoms with Gasteiger partial charge in [0, 0.05) is 43.3 Å². The van der Waals surface area contributed by atoms with E-state index in [0.717, 1.165) is 24.6 Å². The number of carbonyl (C=O) groups is 2. The molecule has 2 heterocycles. The maximum Gasteiger partial charge on any atom is 0.335 e. The van der Waals surface area contributed by atoms with Crippen molar-refractivity contribution in [1.29, 1.82) is 0 Å². The van der Waals surface area contributed by atoms with E-state index >= 15 is 0 Å². The molecule has 1 aliphatic carbocycles. The Morgan fingerprint density at radius 3 is 2.39 bits per heavy atom. The van der Waals surface area contributed by atoms with E-state index in [0.29, 0.717) is 37.3 Å². The Morgan fingerprint density at radius 1 is 1.06 bits per heavy atom. The van der Waals surface area contributed by atoms with Gasteiger partial charge < -0.3 is 19.6 Å². The predicted molar refractivity (Wildman–Crippen MR) is 122 cm³/mol. The van der Waals surface area contributed by atoms with Crippen LogP contribution in [0.25, 0.3) is 0 Å². The van der Waals surface area contributed by atoms with E-state index in [-0.39, 0.29) is 44.6 Å². The van der Waals surface area contributed by atoms with Crippen molar-refractivity contribution in [3.05, 3.63) is 46.0 Å². The molecule has 1 N–H and O–H groups in total. The van der Waals surface area contributed by atoms with Crippen molar-refractivity contribution in [3.63, 3.8) is 0 Å². The van der Waals surface area contributed by atoms with E-state index in [4.69, 9.17) is 16.3 Å². The Hall–Kier alpha value is -2.78. The van der Waals surface area contributed by atoms with E-state index in [1.165, 1.54) is 6.07 Å². The van der Waals surface area contributed by atoms with Crippen molar-refractivity contribution < 1.29 is 27.9 Å². The first-order valence-electron chi connectivity index (χ1n) is 10.8. The van der Waals surface area contributed by atoms with Crippen LogP contribution in [0.15, 0.2) is 29.2 Å². The summed E-state index contributed by atoms with van der Waals surface area (Å²) in [5.74, 6) is -0.795. The van der Waals surface area contributed by atoms with Crippen LogP contribution in [-0.2, 0) is 20.4 Å². The van der Waals surface area contributed by atoms with E-state index in [1.54, 1.807) is 19.1 Å². The standard InChI is InChI=1S/C23H23ClN2O6S/c1-13-8-15(23(28)29)10-19-20(13)32-21-16(12-33(19,30)31)9-17(11-18(21)24)25-4-6-26(7-5-25)22(27)14-2-3-14/h8-11,14H,2-7,12H2,1H3,(H,28,29). The number of fused-ring (bicyclic) bond motifs is 2. The monoisotopic (exact) mass is 490 g/mol. The van der Waals surface area contributed by atoms with Crippen LogP contribution in [0.5, 0.6) is 11.5 Å². The number of nitrogens with zero attached hydrogens (tertiary/aromatic N) is 2. The minimum absolute atomic E-state index is 0.0978. The summed E-state index contributed by atoms with van der Waals surface area (Å²) >= 11 is 6.56. The minimum atomic E-state index is -3.88. The fraction of sp³-hybridized carbons (Fsp3) is 0.391. The Balaban J connectivity index is 1.46. The second kappa shape index (κ2) is 7.92. The van der Waals surface area contributed by atoms with Gasteiger partial charge in [0.25, 0.3) is 0 Å². The zero-order valence-electron chi connectivity index (χ0n) is 18.0. The lowest BCUT2D eigenvalue weighted by Crippen LogP contribution is -2.49. The topological polar surface area (TPSA) is 104 Å². The number of piperazine rings is 1. The molecule has 2 aromatic rings. The van der Waals surface area contributed by atoms with Crippen molar-refractivity contribution in [2.45, 2.75) is 30.4 Å². The van der Waals surface area contributed by atoms with Gasteiger partial charge in [0.1, 0.15) is 16.4 Å². The molecule has 8 nitrogen and oxygen atoms in total. The normalized spacial score (nSPS) is 19.2. The molecule has 5 rings (SSSR count). The molecule has 174 valence electrons. The van der Waals surface area contributed by atoms with Gasteiger partial charge >= 0.3 is 5.97 Å². The first-order valence-corrected chi connectivity index (χ1v) is 12.8. The largest absolute Gasteiger partial charge is 0.478 e. The van der Waals surface area contributed by atoms with Gasteiger partial charge in [-0.25, -0.2) is 13.2 Å². The zero-order valence-corrected chi connectivity index (χ0v) is 19.6. The van der Waals surface area contributed by atoms with Crippen LogP contribution in [0.4, 0.5) is 5.69 Å². The summed E-state index contributed by atoms with van der Waals surface area (Å²) in [7, 11) is -3.88. The number of amides is 1. The number of aromatic carboxylic acids is 1. The second-order valence-electron chi connectivity index (χ2n) is 8.79. The number of anilines is 1. The lowest BCUT2D eigenvalue weighted by molar-refractivity contribution is -0.132. The van der Waals surface area contributed by atoms with Gasteiger partial charge in [0.2, 0.25) is 5.91 Å². The van der Waals surface area contributed by atoms with Gasteiger partial charge in [0.15, 0.2) is 9.84 Å². The summed E-state index contributed by atoms with van der Waals surface area (Å²) in [6, 6.07) is 6.02. The molecule has 1 saturated carbocycles. The second-order valence-corrected chi connectivity index (χ2v) is 11.2. The Bertz CT molecular complexity index is 1280. The summed E-state index contributed by atoms with van der Waals surface area (Å²) in [6.07, 6.45) is 1.95. The molecule has 0 spiro atoms. The van der Waals surface area contributed by atoms with Gasteiger partial charge in [-0.15, -0.1) is 0 Å². The molecule has 0 unspecified atom stereocenters. The van der Waals surface area contributed by atoms with E-state index in [9.17, 15) is 23.1 Å². The molecule has 33 heavy (non-hydrogen) atoms. The van der Waals surface area contributed by atoms with Crippen LogP contribution in [0.3, 0.4) is 0 Å². The maximum atomic E-state index is 13.2. The third-order valence-corrected chi connectivity index (χ3v) is 8.31. The summed E-state index contributed by atoms with van der Waals surface area (Å²) in [6.45, 7) is 4.09. The molecule has 2 fully saturated rings. The lowest BCUT2D eigenvalue weighted by Gasteiger charge is -2.36.